The normalized spacial score (nSPS) is 13.3. The van der Waals surface area contributed by atoms with Crippen molar-refractivity contribution in [2.45, 2.75) is 6.92 Å². The highest BCUT2D eigenvalue weighted by Crippen LogP contribution is 2.41. The van der Waals surface area contributed by atoms with Crippen LogP contribution in [0.1, 0.15) is 11.1 Å². The van der Waals surface area contributed by atoms with Gasteiger partial charge in [-0.2, -0.15) is 5.26 Å². The van der Waals surface area contributed by atoms with Crippen LogP contribution in [0.2, 0.25) is 0 Å². The minimum absolute atomic E-state index is 0.732. The maximum atomic E-state index is 9.23. The van der Waals surface area contributed by atoms with Crippen molar-refractivity contribution in [3.05, 3.63) is 53.6 Å². The molecular weight excluding hydrogens is 234 g/mol. The fourth-order valence-corrected chi connectivity index (χ4v) is 2.62. The van der Waals surface area contributed by atoms with E-state index < -0.39 is 0 Å². The van der Waals surface area contributed by atoms with Gasteiger partial charge in [-0.05, 0) is 36.8 Å². The molecule has 0 unspecified atom stereocenters. The van der Waals surface area contributed by atoms with E-state index in [9.17, 15) is 5.26 Å². The molecule has 0 fully saturated rings. The van der Waals surface area contributed by atoms with Gasteiger partial charge >= 0.3 is 0 Å². The largest absolute Gasteiger partial charge is 0.354 e. The summed E-state index contributed by atoms with van der Waals surface area (Å²) >= 11 is 0. The molecule has 3 nitrogen and oxygen atoms in total. The van der Waals surface area contributed by atoms with Gasteiger partial charge in [0.25, 0.3) is 0 Å². The highest BCUT2D eigenvalue weighted by molar-refractivity contribution is 5.86. The Morgan fingerprint density at radius 2 is 1.95 bits per heavy atom. The lowest BCUT2D eigenvalue weighted by molar-refractivity contribution is 0.948. The van der Waals surface area contributed by atoms with Gasteiger partial charge in [-0.15, -0.1) is 0 Å². The summed E-state index contributed by atoms with van der Waals surface area (Å²) < 4.78 is 0. The number of fused-ring (bicyclic) bond motifs is 1. The van der Waals surface area contributed by atoms with Gasteiger partial charge in [0, 0.05) is 12.7 Å². The summed E-state index contributed by atoms with van der Waals surface area (Å²) in [5.74, 6) is 0. The fourth-order valence-electron chi connectivity index (χ4n) is 2.62. The van der Waals surface area contributed by atoms with Crippen molar-refractivity contribution in [3.63, 3.8) is 0 Å². The van der Waals surface area contributed by atoms with Crippen LogP contribution in [0.15, 0.2) is 42.5 Å². The molecule has 0 atom stereocenters. The first-order valence-electron chi connectivity index (χ1n) is 6.29. The second kappa shape index (κ2) is 4.33. The minimum Gasteiger partial charge on any atom is -0.354 e. The Balaban J connectivity index is 2.13. The predicted octanol–water partition coefficient (Wildman–Crippen LogP) is 3.41. The first-order chi connectivity index (χ1) is 9.20. The van der Waals surface area contributed by atoms with Gasteiger partial charge in [0.05, 0.1) is 23.6 Å². The van der Waals surface area contributed by atoms with Crippen molar-refractivity contribution in [1.29, 1.82) is 5.26 Å². The summed E-state index contributed by atoms with van der Waals surface area (Å²) in [5, 5.41) is 9.23. The highest BCUT2D eigenvalue weighted by Gasteiger charge is 2.26. The number of para-hydroxylation sites is 1. The maximum absolute atomic E-state index is 9.23. The molecule has 0 radical (unpaired) electrons. The number of hydrogen-bond acceptors (Lipinski definition) is 3. The van der Waals surface area contributed by atoms with Gasteiger partial charge in [0.2, 0.25) is 0 Å². The molecule has 1 aliphatic heterocycles. The van der Waals surface area contributed by atoms with Crippen LogP contribution in [-0.4, -0.2) is 13.7 Å². The number of rotatable bonds is 1. The molecule has 0 N–H and O–H groups in total. The summed E-state index contributed by atoms with van der Waals surface area (Å²) in [7, 11) is 2.02. The second-order valence-electron chi connectivity index (χ2n) is 4.89. The van der Waals surface area contributed by atoms with Crippen LogP contribution in [0.3, 0.4) is 0 Å². The van der Waals surface area contributed by atoms with Crippen LogP contribution in [0, 0.1) is 18.3 Å². The van der Waals surface area contributed by atoms with Crippen LogP contribution >= 0.6 is 0 Å². The van der Waals surface area contributed by atoms with Gasteiger partial charge in [0.1, 0.15) is 6.07 Å². The smallest absolute Gasteiger partial charge is 0.101 e. The quantitative estimate of drug-likeness (QED) is 0.775. The Morgan fingerprint density at radius 3 is 2.68 bits per heavy atom. The van der Waals surface area contributed by atoms with E-state index in [2.05, 4.69) is 53.1 Å². The molecule has 0 saturated carbocycles. The molecule has 94 valence electrons. The molecule has 1 heterocycles. The molecule has 0 saturated heterocycles. The average molecular weight is 249 g/mol. The topological polar surface area (TPSA) is 30.3 Å². The predicted molar refractivity (Wildman–Crippen MR) is 77.7 cm³/mol. The Bertz CT molecular complexity index is 670. The van der Waals surface area contributed by atoms with Crippen LogP contribution < -0.4 is 9.80 Å². The molecule has 2 aromatic rings. The Hall–Kier alpha value is -2.47. The fraction of sp³-hybridized carbons (Fsp3) is 0.188. The lowest BCUT2D eigenvalue weighted by Crippen LogP contribution is -2.24. The van der Waals surface area contributed by atoms with Crippen LogP contribution in [-0.2, 0) is 0 Å². The Kier molecular flexibility index (Phi) is 2.64. The van der Waals surface area contributed by atoms with Crippen molar-refractivity contribution < 1.29 is 0 Å². The van der Waals surface area contributed by atoms with E-state index in [-0.39, 0.29) is 0 Å². The molecule has 0 aromatic heterocycles. The molecular formula is C16H15N3. The van der Waals surface area contributed by atoms with Crippen LogP contribution in [0.4, 0.5) is 17.1 Å². The Morgan fingerprint density at radius 1 is 1.16 bits per heavy atom. The van der Waals surface area contributed by atoms with Crippen molar-refractivity contribution >= 4 is 17.1 Å². The molecule has 3 rings (SSSR count). The molecule has 19 heavy (non-hydrogen) atoms. The summed E-state index contributed by atoms with van der Waals surface area (Å²) in [5.41, 5.74) is 5.26. The zero-order chi connectivity index (χ0) is 13.4. The molecule has 0 spiro atoms. The van der Waals surface area contributed by atoms with Crippen LogP contribution in [0.5, 0.6) is 0 Å². The van der Waals surface area contributed by atoms with E-state index >= 15 is 0 Å². The number of hydrogen-bond donors (Lipinski definition) is 0. The number of nitriles is 1. The highest BCUT2D eigenvalue weighted by atomic mass is 15.4. The third-order valence-electron chi connectivity index (χ3n) is 3.47. The first kappa shape index (κ1) is 11.6. The van der Waals surface area contributed by atoms with Crippen molar-refractivity contribution in [2.75, 3.05) is 23.5 Å². The standard InChI is InChI=1S/C16H15N3/c1-12-5-3-7-14(9-12)19-11-18(2)16-13(10-17)6-4-8-15(16)19/h3-9H,11H2,1-2H3. The molecule has 0 amide bonds. The summed E-state index contributed by atoms with van der Waals surface area (Å²) in [4.78, 5) is 4.36. The average Bonchev–Trinajstić information content (AvgIpc) is 2.76. The van der Waals surface area contributed by atoms with Crippen molar-refractivity contribution in [1.82, 2.24) is 0 Å². The third-order valence-corrected chi connectivity index (χ3v) is 3.47. The number of nitrogens with zero attached hydrogens (tertiary/aromatic N) is 3. The summed E-state index contributed by atoms with van der Waals surface area (Å²) in [6.45, 7) is 2.87. The first-order valence-corrected chi connectivity index (χ1v) is 6.29. The minimum atomic E-state index is 0.732. The molecule has 1 aliphatic rings. The summed E-state index contributed by atoms with van der Waals surface area (Å²) in [6.07, 6.45) is 0. The Labute approximate surface area is 113 Å². The van der Waals surface area contributed by atoms with E-state index in [4.69, 9.17) is 0 Å². The lowest BCUT2D eigenvalue weighted by atomic mass is 10.1. The van der Waals surface area contributed by atoms with Crippen molar-refractivity contribution in [2.24, 2.45) is 0 Å². The molecule has 0 aliphatic carbocycles. The zero-order valence-corrected chi connectivity index (χ0v) is 11.1. The number of aryl methyl sites for hydroxylation is 1. The monoisotopic (exact) mass is 249 g/mol. The number of anilines is 3. The molecule has 3 heteroatoms. The second-order valence-corrected chi connectivity index (χ2v) is 4.89. The van der Waals surface area contributed by atoms with E-state index in [0.29, 0.717) is 0 Å². The van der Waals surface area contributed by atoms with Gasteiger partial charge in [-0.1, -0.05) is 18.2 Å². The van der Waals surface area contributed by atoms with Crippen molar-refractivity contribution in [3.8, 4) is 6.07 Å². The van der Waals surface area contributed by atoms with E-state index in [1.54, 1.807) is 0 Å². The van der Waals surface area contributed by atoms with Gasteiger partial charge in [-0.3, -0.25) is 0 Å². The van der Waals surface area contributed by atoms with Gasteiger partial charge in [0.15, 0.2) is 0 Å². The van der Waals surface area contributed by atoms with E-state index in [1.807, 2.05) is 19.2 Å². The van der Waals surface area contributed by atoms with Crippen LogP contribution in [0.25, 0.3) is 0 Å². The molecule has 2 aromatic carbocycles. The maximum Gasteiger partial charge on any atom is 0.101 e. The number of benzene rings is 2. The van der Waals surface area contributed by atoms with Gasteiger partial charge in [-0.25, -0.2) is 0 Å². The lowest BCUT2D eigenvalue weighted by Gasteiger charge is -2.19. The third kappa shape index (κ3) is 1.82. The zero-order valence-electron chi connectivity index (χ0n) is 11.1. The van der Waals surface area contributed by atoms with E-state index in [1.165, 1.54) is 11.3 Å². The SMILES string of the molecule is Cc1cccc(N2CN(C)c3c(C#N)cccc32)c1. The molecule has 0 bridgehead atoms. The van der Waals surface area contributed by atoms with Gasteiger partial charge < -0.3 is 9.80 Å². The summed E-state index contributed by atoms with van der Waals surface area (Å²) in [6, 6.07) is 16.6. The van der Waals surface area contributed by atoms with E-state index in [0.717, 1.165) is 23.6 Å².